The van der Waals surface area contributed by atoms with Gasteiger partial charge in [-0.15, -0.1) is 0 Å². The van der Waals surface area contributed by atoms with E-state index >= 15 is 0 Å². The minimum Gasteiger partial charge on any atom is -0.640 e. The molecule has 0 spiro atoms. The van der Waals surface area contributed by atoms with Crippen molar-refractivity contribution in [3.8, 4) is 0 Å². The SMILES string of the molecule is C.C.[CH2-]OC(=O)C(C)(C)C(C)(C)C.[Rf]. The van der Waals surface area contributed by atoms with Crippen LogP contribution in [0.2, 0.25) is 0 Å². The molecule has 0 N–H and O–H groups in total. The van der Waals surface area contributed by atoms with Crippen LogP contribution in [0.1, 0.15) is 49.5 Å². The number of carbonyl (C=O) groups is 1. The fourth-order valence-electron chi connectivity index (χ4n) is 0.487. The molecule has 0 saturated carbocycles. The molecule has 0 amide bonds. The molecule has 0 aliphatic carbocycles. The van der Waals surface area contributed by atoms with Gasteiger partial charge in [0.15, 0.2) is 0 Å². The van der Waals surface area contributed by atoms with Crippen LogP contribution in [-0.2, 0) is 9.53 Å². The van der Waals surface area contributed by atoms with Gasteiger partial charge in [0.1, 0.15) is 0 Å². The van der Waals surface area contributed by atoms with Crippen molar-refractivity contribution < 1.29 is 9.53 Å². The maximum atomic E-state index is 11.2. The number of esters is 1. The summed E-state index contributed by atoms with van der Waals surface area (Å²) in [7, 11) is 3.12. The van der Waals surface area contributed by atoms with E-state index in [1.807, 2.05) is 34.6 Å². The Morgan fingerprint density at radius 1 is 1.07 bits per heavy atom. The average Bonchev–Trinajstić information content (AvgIpc) is 1.83. The van der Waals surface area contributed by atoms with Gasteiger partial charge >= 0.3 is 0 Å². The molecule has 0 unspecified atom stereocenters. The van der Waals surface area contributed by atoms with Crippen molar-refractivity contribution in [1.29, 1.82) is 0 Å². The molecule has 0 aliphatic rings. The molecule has 0 atom stereocenters. The molecule has 0 heterocycles. The second kappa shape index (κ2) is 6.01. The molecule has 2 nitrogen and oxygen atoms in total. The van der Waals surface area contributed by atoms with E-state index in [4.69, 9.17) is 0 Å². The monoisotopic (exact) mass is 456 g/mol. The van der Waals surface area contributed by atoms with Gasteiger partial charge in [-0.2, -0.15) is 7.11 Å². The van der Waals surface area contributed by atoms with Crippen LogP contribution in [0.5, 0.6) is 0 Å². The maximum Gasteiger partial charge on any atom is 0.280 e. The molecule has 0 radical (unpaired) electrons. The first-order valence-corrected chi connectivity index (χ1v) is 3.70. The Bertz CT molecular complexity index is 157. The van der Waals surface area contributed by atoms with Crippen molar-refractivity contribution in [1.82, 2.24) is 0 Å². The van der Waals surface area contributed by atoms with Gasteiger partial charge in [-0.25, -0.2) is 0 Å². The van der Waals surface area contributed by atoms with E-state index in [2.05, 4.69) is 11.8 Å². The van der Waals surface area contributed by atoms with Gasteiger partial charge in [-0.3, -0.25) is 4.79 Å². The normalized spacial score (nSPS) is 10.1. The third-order valence-corrected chi connectivity index (χ3v) is 2.52. The Balaban J connectivity index is -0.000000167. The largest absolute Gasteiger partial charge is 0.640 e. The Hall–Kier alpha value is -1.53. The van der Waals surface area contributed by atoms with E-state index in [-0.39, 0.29) is 26.2 Å². The third kappa shape index (κ3) is 3.92. The van der Waals surface area contributed by atoms with Crippen LogP contribution in [0.4, 0.5) is 0 Å². The Kier molecular flexibility index (Phi) is 9.81. The van der Waals surface area contributed by atoms with Gasteiger partial charge in [0.05, 0.1) is 5.41 Å². The van der Waals surface area contributed by atoms with Gasteiger partial charge in [-0.05, 0) is 19.3 Å². The van der Waals surface area contributed by atoms with Crippen LogP contribution in [-0.4, -0.2) is 5.97 Å². The topological polar surface area (TPSA) is 26.3 Å². The van der Waals surface area contributed by atoms with Gasteiger partial charge in [-0.1, -0.05) is 35.6 Å². The fraction of sp³-hybridized carbons (Fsp3) is 0.818. The molecule has 0 aromatic heterocycles. The van der Waals surface area contributed by atoms with Gasteiger partial charge in [0, 0.05) is 0 Å². The molecule has 84 valence electrons. The van der Waals surface area contributed by atoms with Crippen molar-refractivity contribution in [2.75, 3.05) is 0 Å². The van der Waals surface area contributed by atoms with E-state index in [1.165, 1.54) is 0 Å². The fourth-order valence-corrected chi connectivity index (χ4v) is 0.487. The predicted molar refractivity (Wildman–Crippen MR) is 58.1 cm³/mol. The number of hydrogen-bond donors (Lipinski definition) is 0. The summed E-state index contributed by atoms with van der Waals surface area (Å²) >= 11 is 0. The molecular weight excluding hydrogens is 431 g/mol. The van der Waals surface area contributed by atoms with E-state index < -0.39 is 5.41 Å². The standard InChI is InChI=1S/C9H17O2.2CH4.Rf/c1-8(2,3)9(4,5)7(10)11-6;;;/h6H2,1-5H3;2*1H4;/q-1;;;. The maximum absolute atomic E-state index is 11.2. The molecule has 14 heavy (non-hydrogen) atoms. The molecule has 0 aliphatic heterocycles. The van der Waals surface area contributed by atoms with Crippen molar-refractivity contribution in [3.05, 3.63) is 7.11 Å². The first-order valence-electron chi connectivity index (χ1n) is 3.70. The Morgan fingerprint density at radius 2 is 1.36 bits per heavy atom. The molecule has 0 aromatic rings. The second-order valence-corrected chi connectivity index (χ2v) is 4.31. The van der Waals surface area contributed by atoms with Gasteiger partial charge in [0.25, 0.3) is 5.97 Å². The van der Waals surface area contributed by atoms with Crippen LogP contribution in [0, 0.1) is 17.9 Å². The van der Waals surface area contributed by atoms with Crippen molar-refractivity contribution >= 4 is 5.97 Å². The molecule has 3 heteroatoms. The zero-order valence-electron chi connectivity index (χ0n) is 8.73. The summed E-state index contributed by atoms with van der Waals surface area (Å²) in [5.41, 5.74) is -0.573. The summed E-state index contributed by atoms with van der Waals surface area (Å²) in [5, 5.41) is 0. The summed E-state index contributed by atoms with van der Waals surface area (Å²) in [5.74, 6) is -0.259. The van der Waals surface area contributed by atoms with Crippen LogP contribution in [0.25, 0.3) is 0 Å². The van der Waals surface area contributed by atoms with Crippen LogP contribution >= 0.6 is 0 Å². The number of ether oxygens (including phenoxy) is 1. The van der Waals surface area contributed by atoms with Crippen molar-refractivity contribution in [3.63, 3.8) is 0 Å². The minimum absolute atomic E-state index is 0. The zero-order valence-corrected chi connectivity index (χ0v) is 15.1. The quantitative estimate of drug-likeness (QED) is 0.445. The summed E-state index contributed by atoms with van der Waals surface area (Å²) in [6.07, 6.45) is 0. The first-order chi connectivity index (χ1) is 4.73. The van der Waals surface area contributed by atoms with Crippen LogP contribution in [0.3, 0.4) is 0 Å². The first kappa shape index (κ1) is 22.9. The molecule has 0 rings (SSSR count). The van der Waals surface area contributed by atoms with E-state index in [1.54, 1.807) is 0 Å². The number of hydrogen-bond acceptors (Lipinski definition) is 2. The molecule has 0 fully saturated rings. The summed E-state index contributed by atoms with van der Waals surface area (Å²) in [6, 6.07) is 0. The van der Waals surface area contributed by atoms with Crippen molar-refractivity contribution in [2.45, 2.75) is 49.5 Å². The second-order valence-electron chi connectivity index (χ2n) is 4.31. The van der Waals surface area contributed by atoms with E-state index in [0.29, 0.717) is 0 Å². The number of carbonyl (C=O) groups excluding carboxylic acids is 1. The van der Waals surface area contributed by atoms with Crippen LogP contribution in [0.15, 0.2) is 0 Å². The zero-order chi connectivity index (χ0) is 9.28. The van der Waals surface area contributed by atoms with Crippen molar-refractivity contribution in [2.24, 2.45) is 10.8 Å². The molecular formula is C11H25O2Rf-. The van der Waals surface area contributed by atoms with Gasteiger partial charge in [0.2, 0.25) is 0 Å². The molecule has 0 saturated heterocycles. The summed E-state index contributed by atoms with van der Waals surface area (Å²) in [6.45, 7) is 9.73. The molecule has 0 aromatic carbocycles. The van der Waals surface area contributed by atoms with E-state index in [9.17, 15) is 4.79 Å². The third-order valence-electron chi connectivity index (χ3n) is 2.52. The minimum atomic E-state index is -0.477. The summed E-state index contributed by atoms with van der Waals surface area (Å²) in [4.78, 5) is 11.2. The Labute approximate surface area is 83.7 Å². The molecule has 0 bridgehead atoms. The predicted octanol–water partition coefficient (Wildman–Crippen LogP) is 3.67. The van der Waals surface area contributed by atoms with Gasteiger partial charge < -0.3 is 4.74 Å². The van der Waals surface area contributed by atoms with E-state index in [0.717, 1.165) is 0 Å². The average molecular weight is 456 g/mol. The number of rotatable bonds is 1. The van der Waals surface area contributed by atoms with Crippen LogP contribution < -0.4 is 0 Å². The smallest absolute Gasteiger partial charge is 0.280 e. The summed E-state index contributed by atoms with van der Waals surface area (Å²) < 4.78 is 4.45. The Morgan fingerprint density at radius 3 is 1.43 bits per heavy atom.